The van der Waals surface area contributed by atoms with Gasteiger partial charge in [-0.25, -0.2) is 9.59 Å². The minimum Gasteiger partial charge on any atom is -0.465 e. The average molecular weight is 301 g/mol. The summed E-state index contributed by atoms with van der Waals surface area (Å²) in [5.74, 6) is -1.10. The molecule has 2 rings (SSSR count). The van der Waals surface area contributed by atoms with E-state index in [1.54, 1.807) is 12.1 Å². The summed E-state index contributed by atoms with van der Waals surface area (Å²) in [4.78, 5) is 22.4. The lowest BCUT2D eigenvalue weighted by Gasteiger charge is -2.04. The molecule has 0 saturated carbocycles. The number of benzene rings is 2. The van der Waals surface area contributed by atoms with Crippen LogP contribution < -0.4 is 5.73 Å². The first-order valence-electron chi connectivity index (χ1n) is 6.63. The lowest BCUT2D eigenvalue weighted by Crippen LogP contribution is -2.11. The first kappa shape index (κ1) is 17.4. The summed E-state index contributed by atoms with van der Waals surface area (Å²) in [6, 6.07) is 16.3. The van der Waals surface area contributed by atoms with Gasteiger partial charge in [0.25, 0.3) is 0 Å². The molecular weight excluding hydrogens is 282 g/mol. The molecule has 0 heterocycles. The molecule has 0 aliphatic rings. The fourth-order valence-corrected chi connectivity index (χ4v) is 1.67. The first-order valence-corrected chi connectivity index (χ1v) is 6.63. The zero-order valence-corrected chi connectivity index (χ0v) is 12.6. The third-order valence-corrected chi connectivity index (χ3v) is 2.82. The van der Waals surface area contributed by atoms with Crippen LogP contribution in [0.5, 0.6) is 0 Å². The molecule has 2 N–H and O–H groups in total. The SMILES string of the molecule is COC(=O)c1ccccc1C(=O)OC.NCc1ccccc1. The van der Waals surface area contributed by atoms with Crippen molar-refractivity contribution in [3.63, 3.8) is 0 Å². The molecule has 0 unspecified atom stereocenters. The van der Waals surface area contributed by atoms with Crippen molar-refractivity contribution >= 4 is 11.9 Å². The Morgan fingerprint density at radius 2 is 1.23 bits per heavy atom. The molecule has 0 radical (unpaired) electrons. The molecule has 0 aromatic heterocycles. The number of rotatable bonds is 3. The molecule has 0 spiro atoms. The van der Waals surface area contributed by atoms with Crippen LogP contribution in [0.15, 0.2) is 54.6 Å². The number of esters is 2. The van der Waals surface area contributed by atoms with Gasteiger partial charge in [0.1, 0.15) is 0 Å². The van der Waals surface area contributed by atoms with Gasteiger partial charge in [-0.2, -0.15) is 0 Å². The summed E-state index contributed by atoms with van der Waals surface area (Å²) < 4.78 is 9.05. The molecule has 2 aromatic carbocycles. The first-order chi connectivity index (χ1) is 10.6. The molecule has 116 valence electrons. The third-order valence-electron chi connectivity index (χ3n) is 2.82. The Morgan fingerprint density at radius 3 is 1.55 bits per heavy atom. The van der Waals surface area contributed by atoms with E-state index in [-0.39, 0.29) is 11.1 Å². The van der Waals surface area contributed by atoms with Crippen LogP contribution in [0.1, 0.15) is 26.3 Å². The highest BCUT2D eigenvalue weighted by Gasteiger charge is 2.16. The number of carbonyl (C=O) groups is 2. The molecule has 22 heavy (non-hydrogen) atoms. The fraction of sp³-hybridized carbons (Fsp3) is 0.176. The van der Waals surface area contributed by atoms with Gasteiger partial charge >= 0.3 is 11.9 Å². The minimum atomic E-state index is -0.550. The van der Waals surface area contributed by atoms with Gasteiger partial charge in [0.2, 0.25) is 0 Å². The second-order valence-electron chi connectivity index (χ2n) is 4.22. The van der Waals surface area contributed by atoms with Crippen molar-refractivity contribution in [2.45, 2.75) is 6.54 Å². The smallest absolute Gasteiger partial charge is 0.338 e. The zero-order chi connectivity index (χ0) is 16.4. The quantitative estimate of drug-likeness (QED) is 0.881. The second kappa shape index (κ2) is 9.31. The van der Waals surface area contributed by atoms with Crippen molar-refractivity contribution < 1.29 is 19.1 Å². The van der Waals surface area contributed by atoms with E-state index in [0.29, 0.717) is 6.54 Å². The Bertz CT molecular complexity index is 576. The van der Waals surface area contributed by atoms with E-state index in [2.05, 4.69) is 9.47 Å². The van der Waals surface area contributed by atoms with Crippen LogP contribution >= 0.6 is 0 Å². The molecule has 0 bridgehead atoms. The monoisotopic (exact) mass is 301 g/mol. The van der Waals surface area contributed by atoms with E-state index in [9.17, 15) is 9.59 Å². The maximum absolute atomic E-state index is 11.2. The molecule has 0 aliphatic carbocycles. The van der Waals surface area contributed by atoms with Gasteiger partial charge in [0, 0.05) is 6.54 Å². The number of methoxy groups -OCH3 is 2. The van der Waals surface area contributed by atoms with Gasteiger partial charge in [-0.15, -0.1) is 0 Å². The Balaban J connectivity index is 0.000000255. The van der Waals surface area contributed by atoms with Gasteiger partial charge in [0.15, 0.2) is 0 Å². The Labute approximate surface area is 129 Å². The Kier molecular flexibility index (Phi) is 7.36. The number of hydrogen-bond donors (Lipinski definition) is 1. The van der Waals surface area contributed by atoms with Gasteiger partial charge in [0.05, 0.1) is 25.3 Å². The number of nitrogens with two attached hydrogens (primary N) is 1. The Hall–Kier alpha value is -2.66. The van der Waals surface area contributed by atoms with Crippen molar-refractivity contribution in [2.75, 3.05) is 14.2 Å². The lowest BCUT2D eigenvalue weighted by atomic mass is 10.1. The number of hydrogen-bond acceptors (Lipinski definition) is 5. The van der Waals surface area contributed by atoms with Gasteiger partial charge < -0.3 is 15.2 Å². The van der Waals surface area contributed by atoms with Crippen LogP contribution in [0.2, 0.25) is 0 Å². The maximum Gasteiger partial charge on any atom is 0.338 e. The topological polar surface area (TPSA) is 78.6 Å². The summed E-state index contributed by atoms with van der Waals surface area (Å²) in [6.07, 6.45) is 0. The number of carbonyl (C=O) groups excluding carboxylic acids is 2. The molecule has 0 aliphatic heterocycles. The van der Waals surface area contributed by atoms with E-state index in [1.807, 2.05) is 30.3 Å². The molecule has 0 amide bonds. The zero-order valence-electron chi connectivity index (χ0n) is 12.6. The summed E-state index contributed by atoms with van der Waals surface area (Å²) in [5, 5.41) is 0. The van der Waals surface area contributed by atoms with E-state index >= 15 is 0 Å². The minimum absolute atomic E-state index is 0.210. The third kappa shape index (κ3) is 5.03. The maximum atomic E-state index is 11.2. The van der Waals surface area contributed by atoms with Crippen LogP contribution in [-0.2, 0) is 16.0 Å². The predicted octanol–water partition coefficient (Wildman–Crippen LogP) is 2.41. The van der Waals surface area contributed by atoms with Crippen molar-refractivity contribution in [1.82, 2.24) is 0 Å². The summed E-state index contributed by atoms with van der Waals surface area (Å²) in [7, 11) is 2.52. The molecule has 5 nitrogen and oxygen atoms in total. The molecule has 0 saturated heterocycles. The fourth-order valence-electron chi connectivity index (χ4n) is 1.67. The van der Waals surface area contributed by atoms with Crippen LogP contribution in [-0.4, -0.2) is 26.2 Å². The van der Waals surface area contributed by atoms with E-state index in [1.165, 1.54) is 31.9 Å². The normalized spacial score (nSPS) is 9.23. The van der Waals surface area contributed by atoms with Crippen LogP contribution in [0.3, 0.4) is 0 Å². The summed E-state index contributed by atoms with van der Waals surface area (Å²) in [5.41, 5.74) is 6.96. The standard InChI is InChI=1S/C10H10O4.C7H9N/c1-13-9(11)7-5-3-4-6-8(7)10(12)14-2;8-6-7-4-2-1-3-5-7/h3-6H,1-2H3;1-5H,6,8H2. The summed E-state index contributed by atoms with van der Waals surface area (Å²) in [6.45, 7) is 0.640. The lowest BCUT2D eigenvalue weighted by molar-refractivity contribution is 0.0555. The molecule has 0 atom stereocenters. The highest BCUT2D eigenvalue weighted by molar-refractivity contribution is 6.02. The molecule has 0 fully saturated rings. The van der Waals surface area contributed by atoms with E-state index in [0.717, 1.165) is 0 Å². The van der Waals surface area contributed by atoms with Gasteiger partial charge in [-0.3, -0.25) is 0 Å². The van der Waals surface area contributed by atoms with Gasteiger partial charge in [-0.1, -0.05) is 42.5 Å². The van der Waals surface area contributed by atoms with Crippen LogP contribution in [0.4, 0.5) is 0 Å². The van der Waals surface area contributed by atoms with Crippen LogP contribution in [0.25, 0.3) is 0 Å². The Morgan fingerprint density at radius 1 is 0.818 bits per heavy atom. The summed E-state index contributed by atoms with van der Waals surface area (Å²) >= 11 is 0. The highest BCUT2D eigenvalue weighted by Crippen LogP contribution is 2.10. The average Bonchev–Trinajstić information content (AvgIpc) is 2.61. The van der Waals surface area contributed by atoms with E-state index < -0.39 is 11.9 Å². The second-order valence-corrected chi connectivity index (χ2v) is 4.22. The van der Waals surface area contributed by atoms with Crippen molar-refractivity contribution in [3.8, 4) is 0 Å². The molecule has 5 heteroatoms. The largest absolute Gasteiger partial charge is 0.465 e. The highest BCUT2D eigenvalue weighted by atomic mass is 16.5. The van der Waals surface area contributed by atoms with Crippen molar-refractivity contribution in [2.24, 2.45) is 5.73 Å². The van der Waals surface area contributed by atoms with Gasteiger partial charge in [-0.05, 0) is 17.7 Å². The van der Waals surface area contributed by atoms with Crippen LogP contribution in [0, 0.1) is 0 Å². The molecule has 2 aromatic rings. The predicted molar refractivity (Wildman–Crippen MR) is 83.5 cm³/mol. The van der Waals surface area contributed by atoms with Crippen molar-refractivity contribution in [1.29, 1.82) is 0 Å². The van der Waals surface area contributed by atoms with Crippen molar-refractivity contribution in [3.05, 3.63) is 71.3 Å². The molecular formula is C17H19NO4. The number of ether oxygens (including phenoxy) is 2. The van der Waals surface area contributed by atoms with E-state index in [4.69, 9.17) is 5.73 Å².